The van der Waals surface area contributed by atoms with Gasteiger partial charge in [0.05, 0.1) is 18.3 Å². The van der Waals surface area contributed by atoms with Gasteiger partial charge >= 0.3 is 0 Å². The van der Waals surface area contributed by atoms with Crippen molar-refractivity contribution in [2.75, 3.05) is 32.7 Å². The normalized spacial score (nSPS) is 18.9. The number of benzene rings is 3. The van der Waals surface area contributed by atoms with E-state index in [1.165, 1.54) is 16.7 Å². The number of carbonyl (C=O) groups excluding carboxylic acids is 1. The van der Waals surface area contributed by atoms with Gasteiger partial charge in [0.25, 0.3) is 5.91 Å². The van der Waals surface area contributed by atoms with Gasteiger partial charge < -0.3 is 0 Å². The number of nitrogens with zero attached hydrogens (tertiary/aromatic N) is 4. The summed E-state index contributed by atoms with van der Waals surface area (Å²) < 4.78 is 0. The number of carbonyl (C=O) groups is 1. The minimum absolute atomic E-state index is 0.0248. The predicted octanol–water partition coefficient (Wildman–Crippen LogP) is 5.45. The second kappa shape index (κ2) is 11.0. The van der Waals surface area contributed by atoms with Gasteiger partial charge in [-0.3, -0.25) is 14.6 Å². The van der Waals surface area contributed by atoms with Crippen molar-refractivity contribution in [1.29, 1.82) is 0 Å². The highest BCUT2D eigenvalue weighted by atomic mass is 35.5. The number of piperazine rings is 1. The average Bonchev–Trinajstić information content (AvgIpc) is 3.33. The number of halogens is 1. The molecular formula is C30H33ClN4O. The van der Waals surface area contributed by atoms with Crippen LogP contribution in [-0.2, 0) is 11.3 Å². The first kappa shape index (κ1) is 24.7. The molecule has 0 radical (unpaired) electrons. The van der Waals surface area contributed by atoms with Crippen LogP contribution in [0.25, 0.3) is 0 Å². The molecule has 5 nitrogen and oxygen atoms in total. The molecule has 186 valence electrons. The molecule has 0 unspecified atom stereocenters. The van der Waals surface area contributed by atoms with Gasteiger partial charge in [-0.05, 0) is 42.7 Å². The lowest BCUT2D eigenvalue weighted by Gasteiger charge is -2.35. The minimum Gasteiger partial charge on any atom is -0.297 e. The number of hydrogen-bond donors (Lipinski definition) is 0. The van der Waals surface area contributed by atoms with E-state index in [1.54, 1.807) is 5.01 Å². The fraction of sp³-hybridized carbons (Fsp3) is 0.333. The zero-order valence-electron chi connectivity index (χ0n) is 21.0. The van der Waals surface area contributed by atoms with Crippen LogP contribution < -0.4 is 0 Å². The maximum atomic E-state index is 13.6. The van der Waals surface area contributed by atoms with Crippen molar-refractivity contribution in [3.8, 4) is 0 Å². The molecule has 0 saturated carbocycles. The summed E-state index contributed by atoms with van der Waals surface area (Å²) in [6.45, 7) is 9.15. The van der Waals surface area contributed by atoms with Crippen LogP contribution in [0.1, 0.15) is 40.3 Å². The Morgan fingerprint density at radius 2 is 1.61 bits per heavy atom. The van der Waals surface area contributed by atoms with Crippen molar-refractivity contribution in [1.82, 2.24) is 14.8 Å². The third-order valence-corrected chi connectivity index (χ3v) is 7.55. The summed E-state index contributed by atoms with van der Waals surface area (Å²) in [6, 6.07) is 24.6. The molecule has 2 aliphatic rings. The zero-order valence-corrected chi connectivity index (χ0v) is 21.8. The number of hydrazone groups is 1. The molecule has 0 spiro atoms. The molecule has 2 heterocycles. The number of amides is 1. The Labute approximate surface area is 219 Å². The van der Waals surface area contributed by atoms with Gasteiger partial charge in [-0.25, -0.2) is 5.01 Å². The fourth-order valence-electron chi connectivity index (χ4n) is 5.15. The lowest BCUT2D eigenvalue weighted by molar-refractivity contribution is -0.134. The second-order valence-electron chi connectivity index (χ2n) is 9.88. The van der Waals surface area contributed by atoms with E-state index < -0.39 is 0 Å². The Balaban J connectivity index is 1.30. The molecule has 1 saturated heterocycles. The van der Waals surface area contributed by atoms with Gasteiger partial charge in [-0.2, -0.15) is 5.10 Å². The smallest absolute Gasteiger partial charge is 0.257 e. The molecular weight excluding hydrogens is 468 g/mol. The summed E-state index contributed by atoms with van der Waals surface area (Å²) in [5.41, 5.74) is 6.69. The summed E-state index contributed by atoms with van der Waals surface area (Å²) >= 11 is 6.59. The van der Waals surface area contributed by atoms with Crippen molar-refractivity contribution in [2.24, 2.45) is 5.10 Å². The van der Waals surface area contributed by atoms with E-state index in [2.05, 4.69) is 72.2 Å². The Morgan fingerprint density at radius 1 is 0.917 bits per heavy atom. The van der Waals surface area contributed by atoms with Gasteiger partial charge in [-0.1, -0.05) is 77.8 Å². The topological polar surface area (TPSA) is 39.2 Å². The van der Waals surface area contributed by atoms with Crippen LogP contribution in [0.2, 0.25) is 5.02 Å². The van der Waals surface area contributed by atoms with E-state index in [4.69, 9.17) is 16.7 Å². The lowest BCUT2D eigenvalue weighted by Crippen LogP contribution is -2.49. The van der Waals surface area contributed by atoms with E-state index >= 15 is 0 Å². The molecule has 0 bridgehead atoms. The molecule has 0 aromatic heterocycles. The predicted molar refractivity (Wildman–Crippen MR) is 146 cm³/mol. The quantitative estimate of drug-likeness (QED) is 0.451. The van der Waals surface area contributed by atoms with Gasteiger partial charge in [0.15, 0.2) is 0 Å². The highest BCUT2D eigenvalue weighted by Gasteiger charge is 2.35. The van der Waals surface area contributed by atoms with Gasteiger partial charge in [-0.15, -0.1) is 0 Å². The average molecular weight is 501 g/mol. The molecule has 2 aliphatic heterocycles. The van der Waals surface area contributed by atoms with E-state index in [-0.39, 0.29) is 11.9 Å². The Morgan fingerprint density at radius 3 is 2.36 bits per heavy atom. The van der Waals surface area contributed by atoms with Crippen molar-refractivity contribution >= 4 is 23.2 Å². The Hall–Kier alpha value is -2.99. The molecule has 1 atom stereocenters. The summed E-state index contributed by atoms with van der Waals surface area (Å²) in [6.07, 6.45) is 0.657. The first-order chi connectivity index (χ1) is 17.5. The minimum atomic E-state index is -0.194. The first-order valence-corrected chi connectivity index (χ1v) is 13.1. The highest BCUT2D eigenvalue weighted by Crippen LogP contribution is 2.37. The Bertz CT molecular complexity index is 1250. The molecule has 0 N–H and O–H groups in total. The molecule has 5 rings (SSSR count). The van der Waals surface area contributed by atoms with Crippen LogP contribution in [-0.4, -0.2) is 59.2 Å². The lowest BCUT2D eigenvalue weighted by atomic mass is 9.95. The highest BCUT2D eigenvalue weighted by molar-refractivity contribution is 6.31. The SMILES string of the molecule is Cc1ccc(C)c(C2=NN(C(=O)CN3CCN(Cc4ccccc4)CC3)[C@@H](c3ccccc3Cl)C2)c1. The van der Waals surface area contributed by atoms with Gasteiger partial charge in [0, 0.05) is 49.7 Å². The van der Waals surface area contributed by atoms with Crippen LogP contribution in [0.15, 0.2) is 77.9 Å². The van der Waals surface area contributed by atoms with Crippen LogP contribution >= 0.6 is 11.6 Å². The molecule has 36 heavy (non-hydrogen) atoms. The third-order valence-electron chi connectivity index (χ3n) is 7.21. The number of aryl methyl sites for hydroxylation is 2. The van der Waals surface area contributed by atoms with Crippen molar-refractivity contribution < 1.29 is 4.79 Å². The van der Waals surface area contributed by atoms with Crippen LogP contribution in [0.5, 0.6) is 0 Å². The third kappa shape index (κ3) is 5.54. The van der Waals surface area contributed by atoms with Crippen LogP contribution in [0.3, 0.4) is 0 Å². The van der Waals surface area contributed by atoms with Crippen LogP contribution in [0, 0.1) is 13.8 Å². The van der Waals surface area contributed by atoms with E-state index in [1.807, 2.05) is 24.3 Å². The molecule has 3 aromatic rings. The summed E-state index contributed by atoms with van der Waals surface area (Å²) in [7, 11) is 0. The van der Waals surface area contributed by atoms with Gasteiger partial charge in [0.2, 0.25) is 0 Å². The van der Waals surface area contributed by atoms with E-state index in [0.29, 0.717) is 18.0 Å². The number of rotatable bonds is 6. The standard InChI is InChI=1S/C30H33ClN4O/c1-22-12-13-23(2)26(18-22)28-19-29(25-10-6-7-11-27(25)31)35(32-28)30(36)21-34-16-14-33(15-17-34)20-24-8-4-3-5-9-24/h3-13,18,29H,14-17,19-21H2,1-2H3/t29-/m1/s1. The van der Waals surface area contributed by atoms with E-state index in [0.717, 1.165) is 49.6 Å². The summed E-state index contributed by atoms with van der Waals surface area (Å²) in [5, 5.41) is 7.26. The summed E-state index contributed by atoms with van der Waals surface area (Å²) in [4.78, 5) is 18.3. The fourth-order valence-corrected chi connectivity index (χ4v) is 5.41. The first-order valence-electron chi connectivity index (χ1n) is 12.7. The Kier molecular flexibility index (Phi) is 7.51. The molecule has 0 aliphatic carbocycles. The second-order valence-corrected chi connectivity index (χ2v) is 10.3. The molecule has 1 fully saturated rings. The largest absolute Gasteiger partial charge is 0.297 e. The molecule has 1 amide bonds. The van der Waals surface area contributed by atoms with Crippen molar-refractivity contribution in [3.05, 3.63) is 106 Å². The van der Waals surface area contributed by atoms with Gasteiger partial charge in [0.1, 0.15) is 0 Å². The maximum absolute atomic E-state index is 13.6. The monoisotopic (exact) mass is 500 g/mol. The van der Waals surface area contributed by atoms with Crippen molar-refractivity contribution in [3.63, 3.8) is 0 Å². The molecule has 6 heteroatoms. The zero-order chi connectivity index (χ0) is 25.1. The number of hydrogen-bond acceptors (Lipinski definition) is 4. The maximum Gasteiger partial charge on any atom is 0.257 e. The molecule has 3 aromatic carbocycles. The summed E-state index contributed by atoms with van der Waals surface area (Å²) in [5.74, 6) is 0.0248. The van der Waals surface area contributed by atoms with Crippen LogP contribution in [0.4, 0.5) is 0 Å². The van der Waals surface area contributed by atoms with E-state index in [9.17, 15) is 4.79 Å². The van der Waals surface area contributed by atoms with Crippen molar-refractivity contribution in [2.45, 2.75) is 32.9 Å².